The summed E-state index contributed by atoms with van der Waals surface area (Å²) in [6.45, 7) is 85.5. The van der Waals surface area contributed by atoms with Crippen LogP contribution in [0.1, 0.15) is 0 Å². The molecule has 0 aromatic heterocycles. The fraction of sp³-hybridized carbons (Fsp3) is 0. The fourth-order valence-corrected chi connectivity index (χ4v) is 0. The molecule has 0 radical (unpaired) electrons. The summed E-state index contributed by atoms with van der Waals surface area (Å²) < 4.78 is 0. The summed E-state index contributed by atoms with van der Waals surface area (Å²) in [5, 5.41) is 112. The van der Waals surface area contributed by atoms with Crippen LogP contribution in [-0.4, -0.2) is 0 Å². The van der Waals surface area contributed by atoms with Crippen molar-refractivity contribution in [1.29, 1.82) is 94.7 Å². The van der Waals surface area contributed by atoms with Gasteiger partial charge in [-0.2, -0.15) is 0 Å². The normalized spacial score (nSPS) is 0.878. The zero-order valence-electron chi connectivity index (χ0n) is 18.8. The molecule has 0 bridgehead atoms. The molecule has 0 rings (SSSR count). The Morgan fingerprint density at radius 2 is 0.122 bits per heavy atom. The van der Waals surface area contributed by atoms with Crippen molar-refractivity contribution < 1.29 is 98.0 Å². The summed E-state index contributed by atoms with van der Waals surface area (Å²) in [5.41, 5.74) is 0. The molecule has 0 aliphatic rings. The second-order valence-corrected chi connectivity index (χ2v) is 0. The second kappa shape index (κ2) is 1010. The second-order valence-electron chi connectivity index (χ2n) is 0. The van der Waals surface area contributed by atoms with Gasteiger partial charge in [-0.1, -0.05) is 0 Å². The maximum absolute atomic E-state index is 6.25. The van der Waals surface area contributed by atoms with E-state index in [2.05, 4.69) is 0 Å². The first-order valence-electron chi connectivity index (χ1n) is 4.02. The fourth-order valence-electron chi connectivity index (χ4n) is 0. The van der Waals surface area contributed by atoms with E-state index in [9.17, 15) is 0 Å². The quantitative estimate of drug-likeness (QED) is 0.246. The van der Waals surface area contributed by atoms with Gasteiger partial charge in [0.1, 0.15) is 0 Å². The average molecular weight is 1150 g/mol. The molecular formula is C18N18Os2Ru3-6. The van der Waals surface area contributed by atoms with E-state index in [1.807, 2.05) is 0 Å². The largest absolute Gasteiger partial charge is 4.00 e. The minimum absolute atomic E-state index is 0. The first-order valence-corrected chi connectivity index (χ1v) is 4.02. The van der Waals surface area contributed by atoms with Crippen molar-refractivity contribution in [3.8, 4) is 0 Å². The molecule has 0 N–H and O–H groups in total. The molecular weight excluding hydrogens is 1150 g/mol. The van der Waals surface area contributed by atoms with E-state index in [1.54, 1.807) is 0 Å². The standard InChI is InChI=1S/18CN.2Os.3Ru/c18*1-2;;;;;/q18*-1;;;3*+4. The molecule has 0 fully saturated rings. The van der Waals surface area contributed by atoms with Gasteiger partial charge in [0.2, 0.25) is 0 Å². The van der Waals surface area contributed by atoms with Crippen LogP contribution >= 0.6 is 0 Å². The third kappa shape index (κ3) is 952. The van der Waals surface area contributed by atoms with Crippen LogP contribution in [0.15, 0.2) is 0 Å². The first kappa shape index (κ1) is 282. The zero-order chi connectivity index (χ0) is 36.0. The minimum Gasteiger partial charge on any atom is -0.512 e. The van der Waals surface area contributed by atoms with Crippen LogP contribution in [-0.2, 0) is 98.0 Å². The molecule has 0 unspecified atom stereocenters. The Bertz CT molecular complexity index is 374. The summed E-state index contributed by atoms with van der Waals surface area (Å²) in [6, 6.07) is 0. The van der Waals surface area contributed by atoms with Crippen molar-refractivity contribution in [3.63, 3.8) is 0 Å². The van der Waals surface area contributed by atoms with Crippen LogP contribution in [0, 0.1) is 213 Å². The number of hydrogen-bond acceptors (Lipinski definition) is 18. The molecule has 0 atom stereocenters. The molecule has 0 aliphatic heterocycles. The van der Waals surface area contributed by atoms with Crippen LogP contribution in [0.4, 0.5) is 0 Å². The molecule has 0 aliphatic carbocycles. The molecule has 0 spiro atoms. The Morgan fingerprint density at radius 3 is 0.122 bits per heavy atom. The van der Waals surface area contributed by atoms with Gasteiger partial charge in [-0.3, -0.25) is 0 Å². The zero-order valence-corrected chi connectivity index (χ0v) is 29.1. The maximum atomic E-state index is 6.25. The van der Waals surface area contributed by atoms with Gasteiger partial charge in [-0.05, 0) is 0 Å². The van der Waals surface area contributed by atoms with Crippen molar-refractivity contribution in [2.45, 2.75) is 0 Å². The molecule has 0 heterocycles. The van der Waals surface area contributed by atoms with E-state index < -0.39 is 0 Å². The van der Waals surface area contributed by atoms with Gasteiger partial charge in [0.05, 0.1) is 0 Å². The summed E-state index contributed by atoms with van der Waals surface area (Å²) in [7, 11) is 0. The Kier molecular flexibility index (Phi) is 6960. The molecule has 0 aromatic rings. The average Bonchev–Trinajstić information content (AvgIpc) is 3.13. The molecule has 0 amide bonds. The van der Waals surface area contributed by atoms with Gasteiger partial charge in [-0.25, -0.2) is 0 Å². The van der Waals surface area contributed by atoms with Crippen molar-refractivity contribution in [2.75, 3.05) is 0 Å². The van der Waals surface area contributed by atoms with Crippen molar-refractivity contribution in [1.82, 2.24) is 0 Å². The van der Waals surface area contributed by atoms with E-state index in [-0.39, 0.29) is 98.0 Å². The Labute approximate surface area is 308 Å². The minimum atomic E-state index is 0. The van der Waals surface area contributed by atoms with Gasteiger partial charge < -0.3 is 213 Å². The van der Waals surface area contributed by atoms with Gasteiger partial charge in [0.15, 0.2) is 0 Å². The van der Waals surface area contributed by atoms with Crippen LogP contribution < -0.4 is 0 Å². The molecule has 0 saturated carbocycles. The molecule has 0 saturated heterocycles. The monoisotopic (exact) mass is 1160 g/mol. The van der Waals surface area contributed by atoms with Crippen molar-refractivity contribution in [2.24, 2.45) is 0 Å². The van der Waals surface area contributed by atoms with Crippen LogP contribution in [0.2, 0.25) is 0 Å². The molecule has 41 heavy (non-hydrogen) atoms. The Hall–Kier alpha value is -6.04. The van der Waals surface area contributed by atoms with E-state index in [0.29, 0.717) is 0 Å². The van der Waals surface area contributed by atoms with E-state index in [0.717, 1.165) is 0 Å². The predicted molar refractivity (Wildman–Crippen MR) is 89.4 cm³/mol. The summed E-state index contributed by atoms with van der Waals surface area (Å²) in [4.78, 5) is 0. The smallest absolute Gasteiger partial charge is 0.512 e. The van der Waals surface area contributed by atoms with Crippen molar-refractivity contribution >= 4 is 0 Å². The van der Waals surface area contributed by atoms with Crippen LogP contribution in [0.5, 0.6) is 0 Å². The van der Waals surface area contributed by atoms with E-state index in [4.69, 9.17) is 213 Å². The number of hydrogen-bond donors (Lipinski definition) is 0. The predicted octanol–water partition coefficient (Wildman–Crippen LogP) is 1.72. The third-order valence-corrected chi connectivity index (χ3v) is 0. The maximum Gasteiger partial charge on any atom is 4.00 e. The first-order chi connectivity index (χ1) is 18.0. The van der Waals surface area contributed by atoms with Crippen molar-refractivity contribution in [3.05, 3.63) is 118 Å². The molecule has 18 nitrogen and oxygen atoms in total. The summed E-state index contributed by atoms with van der Waals surface area (Å²) in [6.07, 6.45) is 0. The summed E-state index contributed by atoms with van der Waals surface area (Å²) >= 11 is 0. The number of nitrogens with zero attached hydrogens (tertiary/aromatic N) is 18. The third-order valence-electron chi connectivity index (χ3n) is 0. The van der Waals surface area contributed by atoms with Gasteiger partial charge in [0, 0.05) is 39.6 Å². The SMILES string of the molecule is [C-]#N.[C-]#N.[C-]#N.[C-]#N.[C-]#N.[C-]#N.[C-]#N.[C-]#N.[C-]#N.[C-]#N.[C-]#N.[C-]#N.[C-]#N.[C-]#N.[C-]#N.[C-]#N.[C-]#N.[C-]#N.[Os].[Os].[Ru+4].[Ru+4].[Ru+4]. The molecule has 208 valence electrons. The van der Waals surface area contributed by atoms with Crippen LogP contribution in [0.3, 0.4) is 0 Å². The van der Waals surface area contributed by atoms with E-state index in [1.165, 1.54) is 0 Å². The van der Waals surface area contributed by atoms with Crippen LogP contribution in [0.25, 0.3) is 0 Å². The van der Waals surface area contributed by atoms with Gasteiger partial charge in [-0.15, -0.1) is 0 Å². The summed E-state index contributed by atoms with van der Waals surface area (Å²) in [5.74, 6) is 0. The van der Waals surface area contributed by atoms with Gasteiger partial charge >= 0.3 is 58.4 Å². The molecule has 0 aromatic carbocycles. The van der Waals surface area contributed by atoms with E-state index >= 15 is 0 Å². The topological polar surface area (TPSA) is 428 Å². The Morgan fingerprint density at radius 1 is 0.122 bits per heavy atom. The Balaban J connectivity index is -0.00000000396. The van der Waals surface area contributed by atoms with Gasteiger partial charge in [0.25, 0.3) is 0 Å². The molecule has 23 heteroatoms. The number of rotatable bonds is 0.